The Morgan fingerprint density at radius 3 is 2.61 bits per heavy atom. The van der Waals surface area contributed by atoms with Crippen LogP contribution in [0.15, 0.2) is 23.0 Å². The summed E-state index contributed by atoms with van der Waals surface area (Å²) in [6.45, 7) is 1.38. The molecule has 0 aliphatic carbocycles. The summed E-state index contributed by atoms with van der Waals surface area (Å²) in [4.78, 5) is 22.4. The van der Waals surface area contributed by atoms with E-state index in [-0.39, 0.29) is 19.6 Å². The van der Waals surface area contributed by atoms with Crippen LogP contribution < -0.4 is 5.56 Å². The van der Waals surface area contributed by atoms with Crippen LogP contribution in [0, 0.1) is 0 Å². The van der Waals surface area contributed by atoms with Crippen LogP contribution in [-0.2, 0) is 22.3 Å². The minimum Gasteiger partial charge on any atom is -0.466 e. The Labute approximate surface area is 101 Å². The van der Waals surface area contributed by atoms with E-state index < -0.39 is 23.4 Å². The minimum atomic E-state index is -4.63. The van der Waals surface area contributed by atoms with E-state index in [0.717, 1.165) is 18.2 Å². The number of ether oxygens (including phenoxy) is 1. The van der Waals surface area contributed by atoms with Gasteiger partial charge in [0.25, 0.3) is 5.56 Å². The number of hydrogen-bond acceptors (Lipinski definition) is 3. The summed E-state index contributed by atoms with van der Waals surface area (Å²) in [5.41, 5.74) is -1.87. The lowest BCUT2D eigenvalue weighted by molar-refractivity contribution is -0.147. The second-order valence-corrected chi connectivity index (χ2v) is 3.45. The van der Waals surface area contributed by atoms with E-state index >= 15 is 0 Å². The third-order valence-electron chi connectivity index (χ3n) is 2.19. The Balaban J connectivity index is 2.94. The maximum absolute atomic E-state index is 12.6. The molecule has 1 aromatic heterocycles. The van der Waals surface area contributed by atoms with E-state index in [4.69, 9.17) is 0 Å². The summed E-state index contributed by atoms with van der Waals surface area (Å²) < 4.78 is 43.0. The number of carbonyl (C=O) groups excluding carboxylic acids is 1. The zero-order valence-corrected chi connectivity index (χ0v) is 9.66. The monoisotopic (exact) mass is 263 g/mol. The van der Waals surface area contributed by atoms with Crippen molar-refractivity contribution in [2.45, 2.75) is 26.1 Å². The van der Waals surface area contributed by atoms with Crippen LogP contribution in [0.2, 0.25) is 0 Å². The molecule has 4 nitrogen and oxygen atoms in total. The predicted molar refractivity (Wildman–Crippen MR) is 57.0 cm³/mol. The fourth-order valence-electron chi connectivity index (χ4n) is 1.43. The van der Waals surface area contributed by atoms with E-state index in [9.17, 15) is 22.8 Å². The molecule has 0 amide bonds. The number of hydrogen-bond donors (Lipinski definition) is 0. The number of alkyl halides is 3. The predicted octanol–water partition coefficient (Wildman–Crippen LogP) is 1.82. The van der Waals surface area contributed by atoms with E-state index in [2.05, 4.69) is 4.74 Å². The van der Waals surface area contributed by atoms with Crippen LogP contribution >= 0.6 is 0 Å². The Morgan fingerprint density at radius 2 is 2.06 bits per heavy atom. The number of pyridine rings is 1. The first-order valence-corrected chi connectivity index (χ1v) is 5.29. The first-order chi connectivity index (χ1) is 8.36. The van der Waals surface area contributed by atoms with Gasteiger partial charge in [0.2, 0.25) is 0 Å². The highest BCUT2D eigenvalue weighted by Crippen LogP contribution is 2.28. The topological polar surface area (TPSA) is 48.3 Å². The molecule has 0 aliphatic heterocycles. The number of nitrogens with zero attached hydrogens (tertiary/aromatic N) is 1. The number of aromatic nitrogens is 1. The minimum absolute atomic E-state index is 0.147. The van der Waals surface area contributed by atoms with Gasteiger partial charge in [0.15, 0.2) is 0 Å². The number of rotatable bonds is 4. The number of esters is 1. The quantitative estimate of drug-likeness (QED) is 0.778. The lowest BCUT2D eigenvalue weighted by Gasteiger charge is -2.14. The highest BCUT2D eigenvalue weighted by Gasteiger charge is 2.34. The first-order valence-electron chi connectivity index (χ1n) is 5.29. The second-order valence-electron chi connectivity index (χ2n) is 3.45. The van der Waals surface area contributed by atoms with Crippen LogP contribution in [0.1, 0.15) is 19.0 Å². The summed E-state index contributed by atoms with van der Waals surface area (Å²) in [7, 11) is 0. The molecule has 0 spiro atoms. The SMILES string of the molecule is CCOC(=O)CCn1c(C(F)(F)F)cccc1=O. The summed E-state index contributed by atoms with van der Waals surface area (Å²) in [6, 6.07) is 2.85. The zero-order chi connectivity index (χ0) is 13.8. The van der Waals surface area contributed by atoms with Crippen molar-refractivity contribution in [3.8, 4) is 0 Å². The third kappa shape index (κ3) is 3.61. The molecular formula is C11H12F3NO3. The number of halogens is 3. The van der Waals surface area contributed by atoms with Gasteiger partial charge in [0, 0.05) is 12.6 Å². The lowest BCUT2D eigenvalue weighted by atomic mass is 10.3. The normalized spacial score (nSPS) is 11.3. The molecule has 1 rings (SSSR count). The Morgan fingerprint density at radius 1 is 1.39 bits per heavy atom. The third-order valence-corrected chi connectivity index (χ3v) is 2.19. The molecule has 0 radical (unpaired) electrons. The van der Waals surface area contributed by atoms with Crippen LogP contribution in [0.4, 0.5) is 13.2 Å². The Kier molecular flexibility index (Phi) is 4.52. The van der Waals surface area contributed by atoms with Crippen LogP contribution in [0.25, 0.3) is 0 Å². The van der Waals surface area contributed by atoms with E-state index in [1.54, 1.807) is 6.92 Å². The van der Waals surface area contributed by atoms with Crippen molar-refractivity contribution in [2.24, 2.45) is 0 Å². The zero-order valence-electron chi connectivity index (χ0n) is 9.66. The van der Waals surface area contributed by atoms with Crippen LogP contribution in [0.3, 0.4) is 0 Å². The van der Waals surface area contributed by atoms with Crippen molar-refractivity contribution in [1.29, 1.82) is 0 Å². The molecule has 0 aromatic carbocycles. The van der Waals surface area contributed by atoms with Gasteiger partial charge in [-0.15, -0.1) is 0 Å². The van der Waals surface area contributed by atoms with Gasteiger partial charge in [-0.3, -0.25) is 9.59 Å². The highest BCUT2D eigenvalue weighted by molar-refractivity contribution is 5.69. The van der Waals surface area contributed by atoms with Gasteiger partial charge < -0.3 is 9.30 Å². The average Bonchev–Trinajstić information content (AvgIpc) is 2.26. The smallest absolute Gasteiger partial charge is 0.431 e. The lowest BCUT2D eigenvalue weighted by Crippen LogP contribution is -2.28. The maximum Gasteiger partial charge on any atom is 0.431 e. The molecule has 0 bridgehead atoms. The molecule has 18 heavy (non-hydrogen) atoms. The van der Waals surface area contributed by atoms with Gasteiger partial charge in [-0.2, -0.15) is 13.2 Å². The Bertz CT molecular complexity index is 479. The summed E-state index contributed by atoms with van der Waals surface area (Å²) in [5, 5.41) is 0. The first kappa shape index (κ1) is 14.3. The summed E-state index contributed by atoms with van der Waals surface area (Å²) in [5.74, 6) is -0.638. The molecule has 0 fully saturated rings. The van der Waals surface area contributed by atoms with Crippen LogP contribution in [0.5, 0.6) is 0 Å². The summed E-state index contributed by atoms with van der Waals surface area (Å²) >= 11 is 0. The van der Waals surface area contributed by atoms with Crippen molar-refractivity contribution in [2.75, 3.05) is 6.61 Å². The Hall–Kier alpha value is -1.79. The molecule has 7 heteroatoms. The van der Waals surface area contributed by atoms with Gasteiger partial charge in [-0.05, 0) is 13.0 Å². The molecule has 1 heterocycles. The van der Waals surface area contributed by atoms with Gasteiger partial charge >= 0.3 is 12.1 Å². The molecule has 0 N–H and O–H groups in total. The molecule has 0 saturated carbocycles. The number of carbonyl (C=O) groups is 1. The van der Waals surface area contributed by atoms with Crippen molar-refractivity contribution in [3.63, 3.8) is 0 Å². The van der Waals surface area contributed by atoms with Crippen molar-refractivity contribution < 1.29 is 22.7 Å². The van der Waals surface area contributed by atoms with E-state index in [1.807, 2.05) is 0 Å². The van der Waals surface area contributed by atoms with Crippen molar-refractivity contribution >= 4 is 5.97 Å². The van der Waals surface area contributed by atoms with E-state index in [1.165, 1.54) is 0 Å². The molecule has 0 saturated heterocycles. The van der Waals surface area contributed by atoms with Gasteiger partial charge in [-0.1, -0.05) is 6.07 Å². The molecule has 100 valence electrons. The van der Waals surface area contributed by atoms with Crippen LogP contribution in [-0.4, -0.2) is 17.1 Å². The van der Waals surface area contributed by atoms with E-state index in [0.29, 0.717) is 4.57 Å². The van der Waals surface area contributed by atoms with Gasteiger partial charge in [0.1, 0.15) is 5.69 Å². The molecule has 0 aliphatic rings. The van der Waals surface area contributed by atoms with Crippen molar-refractivity contribution in [3.05, 3.63) is 34.2 Å². The standard InChI is InChI=1S/C11H12F3NO3/c1-2-18-10(17)6-7-15-8(11(12,13)14)4-3-5-9(15)16/h3-5H,2,6-7H2,1H3. The molecule has 0 atom stereocenters. The summed E-state index contributed by atoms with van der Waals surface area (Å²) in [6.07, 6.45) is -4.91. The highest BCUT2D eigenvalue weighted by atomic mass is 19.4. The fraction of sp³-hybridized carbons (Fsp3) is 0.455. The molecule has 1 aromatic rings. The van der Waals surface area contributed by atoms with Gasteiger partial charge in [0.05, 0.1) is 13.0 Å². The largest absolute Gasteiger partial charge is 0.466 e. The molecule has 0 unspecified atom stereocenters. The molecular weight excluding hydrogens is 251 g/mol. The van der Waals surface area contributed by atoms with Crippen molar-refractivity contribution in [1.82, 2.24) is 4.57 Å². The second kappa shape index (κ2) is 5.70. The fourth-order valence-corrected chi connectivity index (χ4v) is 1.43. The average molecular weight is 263 g/mol. The van der Waals surface area contributed by atoms with Gasteiger partial charge in [-0.25, -0.2) is 0 Å². The maximum atomic E-state index is 12.6.